The molecule has 1 fully saturated rings. The van der Waals surface area contributed by atoms with Crippen LogP contribution in [0.4, 0.5) is 11.4 Å². The van der Waals surface area contributed by atoms with Crippen molar-refractivity contribution in [3.63, 3.8) is 0 Å². The largest absolute Gasteiger partial charge is 0.399 e. The van der Waals surface area contributed by atoms with Crippen molar-refractivity contribution >= 4 is 11.4 Å². The molecular formula is C15H24N2. The zero-order valence-corrected chi connectivity index (χ0v) is 11.2. The molecule has 2 nitrogen and oxygen atoms in total. The van der Waals surface area contributed by atoms with Gasteiger partial charge < -0.3 is 10.6 Å². The van der Waals surface area contributed by atoms with Crippen LogP contribution in [0.5, 0.6) is 0 Å². The monoisotopic (exact) mass is 232 g/mol. The van der Waals surface area contributed by atoms with E-state index in [4.69, 9.17) is 5.73 Å². The molecule has 1 heterocycles. The Bertz CT molecular complexity index is 377. The molecule has 17 heavy (non-hydrogen) atoms. The number of aryl methyl sites for hydroxylation is 1. The van der Waals surface area contributed by atoms with Crippen molar-refractivity contribution in [2.24, 2.45) is 0 Å². The summed E-state index contributed by atoms with van der Waals surface area (Å²) in [4.78, 5) is 2.59. The van der Waals surface area contributed by atoms with E-state index in [1.54, 1.807) is 0 Å². The summed E-state index contributed by atoms with van der Waals surface area (Å²) in [5.74, 6) is 0. The second-order valence-electron chi connectivity index (χ2n) is 5.28. The molecule has 94 valence electrons. The number of hydrogen-bond acceptors (Lipinski definition) is 2. The average molecular weight is 232 g/mol. The highest BCUT2D eigenvalue weighted by molar-refractivity contribution is 5.61. The molecule has 2 atom stereocenters. The van der Waals surface area contributed by atoms with Gasteiger partial charge in [0, 0.05) is 23.5 Å². The van der Waals surface area contributed by atoms with Gasteiger partial charge in [0.05, 0.1) is 0 Å². The minimum Gasteiger partial charge on any atom is -0.399 e. The van der Waals surface area contributed by atoms with Gasteiger partial charge in [-0.2, -0.15) is 0 Å². The number of rotatable bonds is 2. The fourth-order valence-electron chi connectivity index (χ4n) is 3.04. The number of anilines is 2. The van der Waals surface area contributed by atoms with Crippen molar-refractivity contribution in [2.45, 2.75) is 58.5 Å². The number of nitrogens with two attached hydrogens (primary N) is 1. The fraction of sp³-hybridized carbons (Fsp3) is 0.600. The maximum absolute atomic E-state index is 5.88. The van der Waals surface area contributed by atoms with Gasteiger partial charge in [0.15, 0.2) is 0 Å². The fourth-order valence-corrected chi connectivity index (χ4v) is 3.04. The Labute approximate surface area is 105 Å². The quantitative estimate of drug-likeness (QED) is 0.789. The highest BCUT2D eigenvalue weighted by atomic mass is 15.2. The molecule has 0 aromatic heterocycles. The van der Waals surface area contributed by atoms with Crippen LogP contribution in [0.1, 0.15) is 45.6 Å². The second kappa shape index (κ2) is 4.99. The predicted octanol–water partition coefficient (Wildman–Crippen LogP) is 3.60. The topological polar surface area (TPSA) is 29.3 Å². The highest BCUT2D eigenvalue weighted by Gasteiger charge is 2.26. The molecule has 1 aromatic rings. The number of piperidine rings is 1. The summed E-state index contributed by atoms with van der Waals surface area (Å²) in [7, 11) is 0. The van der Waals surface area contributed by atoms with Crippen molar-refractivity contribution in [1.82, 2.24) is 0 Å². The van der Waals surface area contributed by atoms with Gasteiger partial charge in [-0.05, 0) is 63.3 Å². The lowest BCUT2D eigenvalue weighted by atomic mass is 9.95. The molecule has 0 saturated carbocycles. The normalized spacial score (nSPS) is 25.0. The second-order valence-corrected chi connectivity index (χ2v) is 5.28. The Kier molecular flexibility index (Phi) is 3.60. The van der Waals surface area contributed by atoms with Crippen LogP contribution in [0.25, 0.3) is 0 Å². The van der Waals surface area contributed by atoms with Crippen LogP contribution in [0, 0.1) is 0 Å². The maximum atomic E-state index is 5.88. The van der Waals surface area contributed by atoms with E-state index in [0.717, 1.165) is 12.1 Å². The molecule has 0 amide bonds. The smallest absolute Gasteiger partial charge is 0.0404 e. The molecule has 1 aromatic carbocycles. The number of nitrogen functional groups attached to an aromatic ring is 1. The number of nitrogens with zero attached hydrogens (tertiary/aromatic N) is 1. The van der Waals surface area contributed by atoms with Crippen molar-refractivity contribution < 1.29 is 0 Å². The van der Waals surface area contributed by atoms with Gasteiger partial charge in [0.25, 0.3) is 0 Å². The van der Waals surface area contributed by atoms with Crippen molar-refractivity contribution in [3.8, 4) is 0 Å². The van der Waals surface area contributed by atoms with Crippen LogP contribution in [0.15, 0.2) is 18.2 Å². The average Bonchev–Trinajstić information content (AvgIpc) is 2.30. The zero-order chi connectivity index (χ0) is 12.4. The zero-order valence-electron chi connectivity index (χ0n) is 11.2. The first-order valence-electron chi connectivity index (χ1n) is 6.80. The van der Waals surface area contributed by atoms with Gasteiger partial charge >= 0.3 is 0 Å². The van der Waals surface area contributed by atoms with Crippen LogP contribution in [0.2, 0.25) is 0 Å². The predicted molar refractivity (Wildman–Crippen MR) is 75.5 cm³/mol. The maximum Gasteiger partial charge on any atom is 0.0404 e. The van der Waals surface area contributed by atoms with Gasteiger partial charge in [-0.15, -0.1) is 0 Å². The summed E-state index contributed by atoms with van der Waals surface area (Å²) < 4.78 is 0. The van der Waals surface area contributed by atoms with E-state index in [1.165, 1.54) is 30.5 Å². The summed E-state index contributed by atoms with van der Waals surface area (Å²) in [5, 5.41) is 0. The van der Waals surface area contributed by atoms with E-state index >= 15 is 0 Å². The molecule has 1 aliphatic rings. The summed E-state index contributed by atoms with van der Waals surface area (Å²) >= 11 is 0. The van der Waals surface area contributed by atoms with Gasteiger partial charge in [0.2, 0.25) is 0 Å². The summed E-state index contributed by atoms with van der Waals surface area (Å²) in [6.45, 7) is 6.88. The van der Waals surface area contributed by atoms with Crippen molar-refractivity contribution in [1.29, 1.82) is 0 Å². The SMILES string of the molecule is CCc1cc(N)ccc1N1C(C)CCCC1C. The molecule has 2 N–H and O–H groups in total. The molecule has 1 aliphatic heterocycles. The highest BCUT2D eigenvalue weighted by Crippen LogP contribution is 2.32. The van der Waals surface area contributed by atoms with E-state index in [0.29, 0.717) is 12.1 Å². The van der Waals surface area contributed by atoms with Crippen molar-refractivity contribution in [2.75, 3.05) is 10.6 Å². The van der Waals surface area contributed by atoms with Crippen LogP contribution < -0.4 is 10.6 Å². The van der Waals surface area contributed by atoms with E-state index in [2.05, 4.69) is 37.8 Å². The minimum atomic E-state index is 0.646. The summed E-state index contributed by atoms with van der Waals surface area (Å²) in [5.41, 5.74) is 9.53. The first-order chi connectivity index (χ1) is 8.13. The summed E-state index contributed by atoms with van der Waals surface area (Å²) in [6.07, 6.45) is 5.02. The molecule has 2 heteroatoms. The number of hydrogen-bond donors (Lipinski definition) is 1. The standard InChI is InChI=1S/C15H24N2/c1-4-13-10-14(16)8-9-15(13)17-11(2)6-5-7-12(17)3/h8-12H,4-7,16H2,1-3H3. The lowest BCUT2D eigenvalue weighted by Crippen LogP contribution is -2.44. The van der Waals surface area contributed by atoms with Crippen molar-refractivity contribution in [3.05, 3.63) is 23.8 Å². The van der Waals surface area contributed by atoms with E-state index in [-0.39, 0.29) is 0 Å². The van der Waals surface area contributed by atoms with Crippen LogP contribution in [-0.4, -0.2) is 12.1 Å². The lowest BCUT2D eigenvalue weighted by molar-refractivity contribution is 0.413. The van der Waals surface area contributed by atoms with E-state index in [9.17, 15) is 0 Å². The molecule has 0 spiro atoms. The Morgan fingerprint density at radius 2 is 1.88 bits per heavy atom. The molecule has 0 bridgehead atoms. The molecule has 2 rings (SSSR count). The van der Waals surface area contributed by atoms with E-state index < -0.39 is 0 Å². The van der Waals surface area contributed by atoms with Crippen LogP contribution in [0.3, 0.4) is 0 Å². The Balaban J connectivity index is 2.37. The Morgan fingerprint density at radius 1 is 1.24 bits per heavy atom. The third kappa shape index (κ3) is 2.41. The first-order valence-corrected chi connectivity index (χ1v) is 6.80. The molecule has 1 saturated heterocycles. The Hall–Kier alpha value is -1.18. The van der Waals surface area contributed by atoms with Gasteiger partial charge in [0.1, 0.15) is 0 Å². The van der Waals surface area contributed by atoms with Gasteiger partial charge in [-0.25, -0.2) is 0 Å². The van der Waals surface area contributed by atoms with E-state index in [1.807, 2.05) is 6.07 Å². The first kappa shape index (κ1) is 12.3. The summed E-state index contributed by atoms with van der Waals surface area (Å²) in [6, 6.07) is 7.65. The Morgan fingerprint density at radius 3 is 2.47 bits per heavy atom. The molecule has 2 unspecified atom stereocenters. The molecule has 0 aliphatic carbocycles. The van der Waals surface area contributed by atoms with Crippen LogP contribution in [-0.2, 0) is 6.42 Å². The van der Waals surface area contributed by atoms with Gasteiger partial charge in [-0.3, -0.25) is 0 Å². The third-order valence-corrected chi connectivity index (χ3v) is 3.96. The molecular weight excluding hydrogens is 208 g/mol. The third-order valence-electron chi connectivity index (χ3n) is 3.96. The van der Waals surface area contributed by atoms with Crippen LogP contribution >= 0.6 is 0 Å². The number of benzene rings is 1. The molecule has 0 radical (unpaired) electrons. The minimum absolute atomic E-state index is 0.646. The lowest BCUT2D eigenvalue weighted by Gasteiger charge is -2.42. The van der Waals surface area contributed by atoms with Gasteiger partial charge in [-0.1, -0.05) is 6.92 Å².